The lowest BCUT2D eigenvalue weighted by atomic mass is 9.91. The van der Waals surface area contributed by atoms with Gasteiger partial charge in [0.05, 0.1) is 23.3 Å². The molecular formula is C19H17FN2OS. The third-order valence-corrected chi connectivity index (χ3v) is 3.61. The molecule has 0 saturated heterocycles. The number of fused-ring (bicyclic) bond motifs is 1. The molecule has 0 fully saturated rings. The van der Waals surface area contributed by atoms with Crippen molar-refractivity contribution < 1.29 is 9.50 Å². The molecule has 3 nitrogen and oxygen atoms in total. The van der Waals surface area contributed by atoms with Crippen molar-refractivity contribution in [2.45, 2.75) is 13.0 Å². The third-order valence-electron chi connectivity index (χ3n) is 3.61. The maximum atomic E-state index is 13.6. The van der Waals surface area contributed by atoms with Crippen LogP contribution < -0.4 is 0 Å². The van der Waals surface area contributed by atoms with Crippen LogP contribution in [0.15, 0.2) is 48.7 Å². The molecule has 122 valence electrons. The molecule has 0 saturated carbocycles. The number of hydrogen-bond acceptors (Lipinski definition) is 4. The number of nitriles is 1. The Bertz CT molecular complexity index is 903. The van der Waals surface area contributed by atoms with Crippen molar-refractivity contribution in [1.82, 2.24) is 4.98 Å². The second-order valence-electron chi connectivity index (χ2n) is 5.09. The van der Waals surface area contributed by atoms with Gasteiger partial charge in [0.15, 0.2) is 0 Å². The fourth-order valence-electron chi connectivity index (χ4n) is 2.63. The molecule has 2 aromatic carbocycles. The van der Waals surface area contributed by atoms with Gasteiger partial charge in [-0.15, -0.1) is 0 Å². The van der Waals surface area contributed by atoms with Crippen LogP contribution >= 0.6 is 12.6 Å². The van der Waals surface area contributed by atoms with Crippen molar-refractivity contribution in [1.29, 1.82) is 5.26 Å². The molecule has 1 N–H and O–H groups in total. The number of aliphatic hydroxyl groups is 1. The Balaban J connectivity index is 0.00000100. The monoisotopic (exact) mass is 340 g/mol. The number of halogens is 1. The minimum Gasteiger partial charge on any atom is -0.389 e. The number of rotatable bonds is 2. The molecule has 0 amide bonds. The summed E-state index contributed by atoms with van der Waals surface area (Å²) in [4.78, 5) is 4.35. The van der Waals surface area contributed by atoms with Gasteiger partial charge in [-0.2, -0.15) is 17.9 Å². The second kappa shape index (κ2) is 7.91. The number of thiol groups is 1. The van der Waals surface area contributed by atoms with Crippen molar-refractivity contribution >= 4 is 23.5 Å². The van der Waals surface area contributed by atoms with Crippen LogP contribution in [0.25, 0.3) is 22.0 Å². The van der Waals surface area contributed by atoms with Crippen LogP contribution in [0.4, 0.5) is 4.39 Å². The van der Waals surface area contributed by atoms with Gasteiger partial charge in [-0.05, 0) is 54.6 Å². The molecule has 24 heavy (non-hydrogen) atoms. The summed E-state index contributed by atoms with van der Waals surface area (Å²) in [6.45, 7) is 1.62. The Morgan fingerprint density at radius 1 is 1.21 bits per heavy atom. The standard InChI is InChI=1S/C18H13FN2O.CH4S/c1-11(22)16-9-13(10-20)15-6-3-7-21-18(15)17(16)12-4-2-5-14(19)8-12;1-2/h2-9,11,22H,1H3;2H,1H3. The highest BCUT2D eigenvalue weighted by Crippen LogP contribution is 2.36. The Morgan fingerprint density at radius 2 is 1.96 bits per heavy atom. The predicted octanol–water partition coefficient (Wildman–Crippen LogP) is 4.51. The van der Waals surface area contributed by atoms with Crippen molar-refractivity contribution in [2.75, 3.05) is 6.26 Å². The lowest BCUT2D eigenvalue weighted by Crippen LogP contribution is -2.00. The largest absolute Gasteiger partial charge is 0.389 e. The van der Waals surface area contributed by atoms with Gasteiger partial charge in [0.2, 0.25) is 0 Å². The Labute approximate surface area is 145 Å². The van der Waals surface area contributed by atoms with Gasteiger partial charge in [0.1, 0.15) is 5.82 Å². The number of benzene rings is 2. The van der Waals surface area contributed by atoms with Gasteiger partial charge in [-0.3, -0.25) is 4.98 Å². The first-order valence-corrected chi connectivity index (χ1v) is 8.21. The molecule has 3 aromatic rings. The predicted molar refractivity (Wildman–Crippen MR) is 97.4 cm³/mol. The maximum absolute atomic E-state index is 13.6. The lowest BCUT2D eigenvalue weighted by molar-refractivity contribution is 0.200. The van der Waals surface area contributed by atoms with Crippen LogP contribution in [0, 0.1) is 17.1 Å². The van der Waals surface area contributed by atoms with Crippen LogP contribution in [0.5, 0.6) is 0 Å². The average molecular weight is 340 g/mol. The topological polar surface area (TPSA) is 56.9 Å². The zero-order valence-corrected chi connectivity index (χ0v) is 14.3. The zero-order chi connectivity index (χ0) is 17.7. The molecule has 0 spiro atoms. The third kappa shape index (κ3) is 3.40. The number of hydrogen-bond donors (Lipinski definition) is 2. The van der Waals surface area contributed by atoms with Crippen molar-refractivity contribution in [3.63, 3.8) is 0 Å². The highest BCUT2D eigenvalue weighted by Gasteiger charge is 2.18. The van der Waals surface area contributed by atoms with Crippen LogP contribution in [0.1, 0.15) is 24.2 Å². The first-order valence-electron chi connectivity index (χ1n) is 7.32. The minimum atomic E-state index is -0.795. The van der Waals surface area contributed by atoms with Crippen molar-refractivity contribution in [3.8, 4) is 17.2 Å². The van der Waals surface area contributed by atoms with Gasteiger partial charge in [0, 0.05) is 17.1 Å². The van der Waals surface area contributed by atoms with E-state index in [1.807, 2.05) is 0 Å². The molecule has 0 bridgehead atoms. The number of aromatic nitrogens is 1. The molecular weight excluding hydrogens is 323 g/mol. The van der Waals surface area contributed by atoms with E-state index >= 15 is 0 Å². The Morgan fingerprint density at radius 3 is 2.58 bits per heavy atom. The minimum absolute atomic E-state index is 0.359. The Kier molecular flexibility index (Phi) is 5.91. The van der Waals surface area contributed by atoms with Gasteiger partial charge in [-0.1, -0.05) is 12.1 Å². The van der Waals surface area contributed by atoms with Gasteiger partial charge >= 0.3 is 0 Å². The van der Waals surface area contributed by atoms with Gasteiger partial charge in [0.25, 0.3) is 0 Å². The fourth-order valence-corrected chi connectivity index (χ4v) is 2.63. The maximum Gasteiger partial charge on any atom is 0.123 e. The molecule has 3 rings (SSSR count). The van der Waals surface area contributed by atoms with E-state index in [1.165, 1.54) is 12.1 Å². The molecule has 1 unspecified atom stereocenters. The molecule has 1 aromatic heterocycles. The Hall–Kier alpha value is -2.42. The van der Waals surface area contributed by atoms with E-state index in [1.54, 1.807) is 49.7 Å². The lowest BCUT2D eigenvalue weighted by Gasteiger charge is -2.16. The summed E-state index contributed by atoms with van der Waals surface area (Å²) in [5.41, 5.74) is 2.88. The highest BCUT2D eigenvalue weighted by molar-refractivity contribution is 7.79. The van der Waals surface area contributed by atoms with E-state index in [-0.39, 0.29) is 5.82 Å². The normalized spacial score (nSPS) is 11.3. The first kappa shape index (κ1) is 17.9. The quantitative estimate of drug-likeness (QED) is 0.675. The molecule has 0 aliphatic heterocycles. The molecule has 5 heteroatoms. The molecule has 0 aliphatic rings. The van der Waals surface area contributed by atoms with Crippen LogP contribution in [-0.4, -0.2) is 16.3 Å². The smallest absolute Gasteiger partial charge is 0.123 e. The molecule has 0 radical (unpaired) electrons. The summed E-state index contributed by atoms with van der Waals surface area (Å²) in [7, 11) is 0. The van der Waals surface area contributed by atoms with Crippen LogP contribution in [0.2, 0.25) is 0 Å². The van der Waals surface area contributed by atoms with E-state index < -0.39 is 6.10 Å². The second-order valence-corrected chi connectivity index (χ2v) is 5.09. The summed E-state index contributed by atoms with van der Waals surface area (Å²) in [5, 5.41) is 20.1. The van der Waals surface area contributed by atoms with Crippen LogP contribution in [-0.2, 0) is 0 Å². The number of nitrogens with zero attached hydrogens (tertiary/aromatic N) is 2. The first-order chi connectivity index (χ1) is 11.6. The summed E-state index contributed by atoms with van der Waals surface area (Å²) < 4.78 is 13.6. The number of pyridine rings is 1. The summed E-state index contributed by atoms with van der Waals surface area (Å²) in [5.74, 6) is -0.359. The number of aliphatic hydroxyl groups excluding tert-OH is 1. The van der Waals surface area contributed by atoms with E-state index in [0.29, 0.717) is 33.2 Å². The van der Waals surface area contributed by atoms with Crippen molar-refractivity contribution in [2.24, 2.45) is 0 Å². The summed E-state index contributed by atoms with van der Waals surface area (Å²) in [6.07, 6.45) is 2.52. The van der Waals surface area contributed by atoms with E-state index in [2.05, 4.69) is 23.7 Å². The van der Waals surface area contributed by atoms with Gasteiger partial charge < -0.3 is 5.11 Å². The summed E-state index contributed by atoms with van der Waals surface area (Å²) in [6, 6.07) is 13.5. The van der Waals surface area contributed by atoms with Crippen LogP contribution in [0.3, 0.4) is 0 Å². The SMILES string of the molecule is CC(O)c1cc(C#N)c2cccnc2c1-c1cccc(F)c1.CS. The molecule has 1 atom stereocenters. The molecule has 0 aliphatic carbocycles. The van der Waals surface area contributed by atoms with Crippen molar-refractivity contribution in [3.05, 3.63) is 65.6 Å². The highest BCUT2D eigenvalue weighted by atomic mass is 32.1. The van der Waals surface area contributed by atoms with Gasteiger partial charge in [-0.25, -0.2) is 4.39 Å². The van der Waals surface area contributed by atoms with E-state index in [9.17, 15) is 14.8 Å². The summed E-state index contributed by atoms with van der Waals surface area (Å²) >= 11 is 3.53. The van der Waals surface area contributed by atoms with E-state index in [0.717, 1.165) is 0 Å². The molecule has 1 heterocycles. The average Bonchev–Trinajstić information content (AvgIpc) is 2.61. The zero-order valence-electron chi connectivity index (χ0n) is 13.4. The fraction of sp³-hybridized carbons (Fsp3) is 0.158. The van der Waals surface area contributed by atoms with E-state index in [4.69, 9.17) is 0 Å².